The summed E-state index contributed by atoms with van der Waals surface area (Å²) in [6.45, 7) is 4.11. The molecule has 2 heterocycles. The normalized spacial score (nSPS) is 20.6. The zero-order valence-corrected chi connectivity index (χ0v) is 10.5. The Morgan fingerprint density at radius 2 is 2.47 bits per heavy atom. The summed E-state index contributed by atoms with van der Waals surface area (Å²) in [5.74, 6) is 0.182. The van der Waals surface area contributed by atoms with Crippen LogP contribution in [0.1, 0.15) is 24.4 Å². The van der Waals surface area contributed by atoms with Crippen molar-refractivity contribution >= 4 is 5.91 Å². The maximum absolute atomic E-state index is 11.8. The number of nitrogens with zero attached hydrogens (tertiary/aromatic N) is 3. The molecular formula is C12H20N4O. The minimum absolute atomic E-state index is 0.182. The molecule has 1 aliphatic heterocycles. The van der Waals surface area contributed by atoms with Crippen molar-refractivity contribution in [3.05, 3.63) is 18.0 Å². The Hall–Kier alpha value is -1.36. The maximum atomic E-state index is 11.8. The van der Waals surface area contributed by atoms with Crippen LogP contribution < -0.4 is 5.32 Å². The second kappa shape index (κ2) is 5.31. The molecule has 1 fully saturated rings. The van der Waals surface area contributed by atoms with Gasteiger partial charge in [0, 0.05) is 19.3 Å². The molecule has 1 N–H and O–H groups in total. The van der Waals surface area contributed by atoms with Gasteiger partial charge in [0.2, 0.25) is 5.91 Å². The average Bonchev–Trinajstić information content (AvgIpc) is 2.76. The molecular weight excluding hydrogens is 216 g/mol. The number of amides is 1. The van der Waals surface area contributed by atoms with E-state index in [9.17, 15) is 4.79 Å². The molecule has 94 valence electrons. The van der Waals surface area contributed by atoms with E-state index in [-0.39, 0.29) is 5.91 Å². The molecule has 1 saturated heterocycles. The first-order chi connectivity index (χ1) is 8.20. The van der Waals surface area contributed by atoms with E-state index in [0.717, 1.165) is 25.9 Å². The quantitative estimate of drug-likeness (QED) is 0.835. The van der Waals surface area contributed by atoms with Gasteiger partial charge in [-0.2, -0.15) is 5.10 Å². The summed E-state index contributed by atoms with van der Waals surface area (Å²) in [4.78, 5) is 13.7. The Kier molecular flexibility index (Phi) is 3.78. The third-order valence-electron chi connectivity index (χ3n) is 3.18. The van der Waals surface area contributed by atoms with Crippen LogP contribution in [-0.4, -0.2) is 47.3 Å². The van der Waals surface area contributed by atoms with Crippen molar-refractivity contribution in [2.75, 3.05) is 26.7 Å². The Balaban J connectivity index is 1.99. The Morgan fingerprint density at radius 1 is 1.65 bits per heavy atom. The molecule has 0 aromatic carbocycles. The number of likely N-dealkylation sites (tertiary alicyclic amines) is 1. The predicted molar refractivity (Wildman–Crippen MR) is 65.7 cm³/mol. The molecule has 17 heavy (non-hydrogen) atoms. The molecule has 1 atom stereocenters. The van der Waals surface area contributed by atoms with Gasteiger partial charge in [-0.1, -0.05) is 0 Å². The smallest absolute Gasteiger partial charge is 0.236 e. The van der Waals surface area contributed by atoms with E-state index < -0.39 is 0 Å². The highest BCUT2D eigenvalue weighted by Gasteiger charge is 2.24. The number of carbonyl (C=O) groups excluding carboxylic acids is 1. The van der Waals surface area contributed by atoms with Crippen LogP contribution in [0.2, 0.25) is 0 Å². The molecule has 1 amide bonds. The number of piperidine rings is 1. The summed E-state index contributed by atoms with van der Waals surface area (Å²) in [5, 5.41) is 7.25. The summed E-state index contributed by atoms with van der Waals surface area (Å²) in [5.41, 5.74) is 1.17. The van der Waals surface area contributed by atoms with Crippen molar-refractivity contribution < 1.29 is 4.79 Å². The zero-order chi connectivity index (χ0) is 12.3. The summed E-state index contributed by atoms with van der Waals surface area (Å²) in [7, 11) is 1.80. The predicted octanol–water partition coefficient (Wildman–Crippen LogP) is 0.574. The minimum Gasteiger partial charge on any atom is -0.339 e. The van der Waals surface area contributed by atoms with Gasteiger partial charge in [-0.05, 0) is 32.4 Å². The van der Waals surface area contributed by atoms with Crippen LogP contribution in [0, 0.1) is 6.92 Å². The number of nitrogens with one attached hydrogen (secondary N) is 1. The fourth-order valence-corrected chi connectivity index (χ4v) is 2.29. The molecule has 0 radical (unpaired) electrons. The van der Waals surface area contributed by atoms with E-state index in [2.05, 4.69) is 16.6 Å². The van der Waals surface area contributed by atoms with Gasteiger partial charge in [0.05, 0.1) is 18.8 Å². The lowest BCUT2D eigenvalue weighted by Gasteiger charge is -2.32. The second-order valence-corrected chi connectivity index (χ2v) is 4.66. The van der Waals surface area contributed by atoms with Crippen molar-refractivity contribution in [1.29, 1.82) is 0 Å². The highest BCUT2D eigenvalue weighted by molar-refractivity contribution is 5.78. The van der Waals surface area contributed by atoms with Gasteiger partial charge < -0.3 is 10.2 Å². The number of aromatic nitrogens is 2. The first-order valence-corrected chi connectivity index (χ1v) is 6.14. The van der Waals surface area contributed by atoms with E-state index in [1.165, 1.54) is 5.56 Å². The maximum Gasteiger partial charge on any atom is 0.236 e. The minimum atomic E-state index is 0.182. The third-order valence-corrected chi connectivity index (χ3v) is 3.18. The van der Waals surface area contributed by atoms with E-state index in [0.29, 0.717) is 12.6 Å². The number of likely N-dealkylation sites (N-methyl/N-ethyl adjacent to an activating group) is 1. The highest BCUT2D eigenvalue weighted by Crippen LogP contribution is 2.21. The topological polar surface area (TPSA) is 50.2 Å². The average molecular weight is 236 g/mol. The molecule has 5 nitrogen and oxygen atoms in total. The number of hydrogen-bond donors (Lipinski definition) is 1. The molecule has 2 rings (SSSR count). The molecule has 0 spiro atoms. The summed E-state index contributed by atoms with van der Waals surface area (Å²) in [6, 6.07) is 0.332. The van der Waals surface area contributed by atoms with Crippen LogP contribution in [0.4, 0.5) is 0 Å². The first-order valence-electron chi connectivity index (χ1n) is 6.14. The molecule has 1 aromatic heterocycles. The summed E-state index contributed by atoms with van der Waals surface area (Å²) < 4.78 is 1.99. The molecule has 0 bridgehead atoms. The number of rotatable bonds is 3. The molecule has 0 aliphatic carbocycles. The lowest BCUT2D eigenvalue weighted by molar-refractivity contribution is -0.131. The molecule has 0 saturated carbocycles. The highest BCUT2D eigenvalue weighted by atomic mass is 16.2. The van der Waals surface area contributed by atoms with Crippen molar-refractivity contribution in [2.24, 2.45) is 0 Å². The monoisotopic (exact) mass is 236 g/mol. The third kappa shape index (κ3) is 2.85. The molecule has 5 heteroatoms. The number of carbonyl (C=O) groups is 1. The van der Waals surface area contributed by atoms with Crippen LogP contribution in [0.15, 0.2) is 12.4 Å². The standard InChI is InChI=1S/C12H20N4O/c1-10-6-14-16(8-10)11-4-3-5-15(9-11)12(17)7-13-2/h6,8,11,13H,3-5,7,9H2,1-2H3. The zero-order valence-electron chi connectivity index (χ0n) is 10.5. The van der Waals surface area contributed by atoms with E-state index in [1.54, 1.807) is 7.05 Å². The van der Waals surface area contributed by atoms with Crippen LogP contribution >= 0.6 is 0 Å². The lowest BCUT2D eigenvalue weighted by Crippen LogP contribution is -2.44. The van der Waals surface area contributed by atoms with E-state index >= 15 is 0 Å². The van der Waals surface area contributed by atoms with Gasteiger partial charge >= 0.3 is 0 Å². The fraction of sp³-hybridized carbons (Fsp3) is 0.667. The lowest BCUT2D eigenvalue weighted by atomic mass is 10.1. The Morgan fingerprint density at radius 3 is 3.12 bits per heavy atom. The second-order valence-electron chi connectivity index (χ2n) is 4.66. The first kappa shape index (κ1) is 12.1. The van der Waals surface area contributed by atoms with Crippen molar-refractivity contribution in [1.82, 2.24) is 20.0 Å². The van der Waals surface area contributed by atoms with Gasteiger partial charge in [-0.3, -0.25) is 9.48 Å². The van der Waals surface area contributed by atoms with Crippen LogP contribution in [-0.2, 0) is 4.79 Å². The van der Waals surface area contributed by atoms with Gasteiger partial charge in [-0.15, -0.1) is 0 Å². The van der Waals surface area contributed by atoms with Gasteiger partial charge in [0.1, 0.15) is 0 Å². The van der Waals surface area contributed by atoms with Crippen LogP contribution in [0.5, 0.6) is 0 Å². The Bertz CT molecular complexity index is 388. The van der Waals surface area contributed by atoms with E-state index in [1.807, 2.05) is 22.7 Å². The van der Waals surface area contributed by atoms with Gasteiger partial charge in [-0.25, -0.2) is 0 Å². The Labute approximate surface area is 102 Å². The number of aryl methyl sites for hydroxylation is 1. The summed E-state index contributed by atoms with van der Waals surface area (Å²) in [6.07, 6.45) is 6.08. The summed E-state index contributed by atoms with van der Waals surface area (Å²) >= 11 is 0. The van der Waals surface area contributed by atoms with Crippen LogP contribution in [0.3, 0.4) is 0 Å². The number of hydrogen-bond acceptors (Lipinski definition) is 3. The largest absolute Gasteiger partial charge is 0.339 e. The van der Waals surface area contributed by atoms with Crippen molar-refractivity contribution in [3.8, 4) is 0 Å². The van der Waals surface area contributed by atoms with Crippen molar-refractivity contribution in [2.45, 2.75) is 25.8 Å². The van der Waals surface area contributed by atoms with Crippen LogP contribution in [0.25, 0.3) is 0 Å². The van der Waals surface area contributed by atoms with Gasteiger partial charge in [0.15, 0.2) is 0 Å². The molecule has 1 unspecified atom stereocenters. The molecule has 1 aromatic rings. The van der Waals surface area contributed by atoms with E-state index in [4.69, 9.17) is 0 Å². The van der Waals surface area contributed by atoms with Gasteiger partial charge in [0.25, 0.3) is 0 Å². The SMILES string of the molecule is CNCC(=O)N1CCCC(n2cc(C)cn2)C1. The molecule has 1 aliphatic rings. The fourth-order valence-electron chi connectivity index (χ4n) is 2.29. The van der Waals surface area contributed by atoms with Crippen molar-refractivity contribution in [3.63, 3.8) is 0 Å².